The minimum absolute atomic E-state index is 0.0102. The quantitative estimate of drug-likeness (QED) is 0.288. The Labute approximate surface area is 241 Å². The van der Waals surface area contributed by atoms with Crippen LogP contribution in [-0.2, 0) is 13.2 Å². The summed E-state index contributed by atoms with van der Waals surface area (Å²) in [6.45, 7) is 8.58. The lowest BCUT2D eigenvalue weighted by Crippen LogP contribution is -2.49. The molecule has 42 heavy (non-hydrogen) atoms. The molecule has 5 rings (SSSR count). The van der Waals surface area contributed by atoms with Crippen LogP contribution in [0.3, 0.4) is 0 Å². The molecule has 4 aromatic rings. The molecule has 1 saturated heterocycles. The fourth-order valence-electron chi connectivity index (χ4n) is 5.04. The van der Waals surface area contributed by atoms with Gasteiger partial charge in [0, 0.05) is 62.9 Å². The molecule has 0 unspecified atom stereocenters. The van der Waals surface area contributed by atoms with Crippen molar-refractivity contribution >= 4 is 28.4 Å². The Hall–Kier alpha value is -4.38. The number of aryl methyl sites for hydroxylation is 1. The largest absolute Gasteiger partial charge is 0.439 e. The lowest BCUT2D eigenvalue weighted by atomic mass is 10.1. The summed E-state index contributed by atoms with van der Waals surface area (Å²) in [7, 11) is 1.86. The molecule has 1 aliphatic rings. The number of fused-ring (bicyclic) bond motifs is 1. The minimum Gasteiger partial charge on any atom is -0.439 e. The molecule has 0 spiro atoms. The van der Waals surface area contributed by atoms with Crippen molar-refractivity contribution in [2.75, 3.05) is 38.0 Å². The standard InChI is InChI=1S/C31H32F3N5O3/c1-20(2)19-38-12-14-39(15-13-38)30(41)27-16-22-6-10-25(17-26(22)37(27)3)42-28-11-9-24(18-35-28)36-29(40)21-4-7-23(8-5-21)31(32,33)34/h4-11,16-18,20H,12-15,19H2,1-3H3,(H,36,40). The highest BCUT2D eigenvalue weighted by Crippen LogP contribution is 2.30. The molecular weight excluding hydrogens is 547 g/mol. The normalized spacial score (nSPS) is 14.4. The number of hydrogen-bond donors (Lipinski definition) is 1. The molecule has 0 aliphatic carbocycles. The second-order valence-corrected chi connectivity index (χ2v) is 10.8. The summed E-state index contributed by atoms with van der Waals surface area (Å²) in [5.41, 5.74) is 1.08. The third-order valence-electron chi connectivity index (χ3n) is 7.21. The zero-order chi connectivity index (χ0) is 30.0. The lowest BCUT2D eigenvalue weighted by Gasteiger charge is -2.35. The number of pyridine rings is 1. The molecule has 1 N–H and O–H groups in total. The third kappa shape index (κ3) is 6.57. The number of hydrogen-bond acceptors (Lipinski definition) is 5. The molecule has 2 amide bonds. The predicted octanol–water partition coefficient (Wildman–Crippen LogP) is 6.05. The monoisotopic (exact) mass is 579 g/mol. The first kappa shape index (κ1) is 29.1. The van der Waals surface area contributed by atoms with Crippen molar-refractivity contribution in [2.45, 2.75) is 20.0 Å². The van der Waals surface area contributed by atoms with E-state index in [1.807, 2.05) is 34.7 Å². The van der Waals surface area contributed by atoms with E-state index in [9.17, 15) is 22.8 Å². The van der Waals surface area contributed by atoms with E-state index in [1.165, 1.54) is 6.20 Å². The Morgan fingerprint density at radius 3 is 2.31 bits per heavy atom. The lowest BCUT2D eigenvalue weighted by molar-refractivity contribution is -0.137. The minimum atomic E-state index is -4.47. The average Bonchev–Trinajstić information content (AvgIpc) is 3.29. The van der Waals surface area contributed by atoms with Crippen LogP contribution in [0.4, 0.5) is 18.9 Å². The summed E-state index contributed by atoms with van der Waals surface area (Å²) in [4.78, 5) is 34.3. The van der Waals surface area contributed by atoms with Crippen LogP contribution >= 0.6 is 0 Å². The van der Waals surface area contributed by atoms with E-state index in [4.69, 9.17) is 4.74 Å². The highest BCUT2D eigenvalue weighted by molar-refractivity contribution is 6.04. The molecule has 0 bridgehead atoms. The fraction of sp³-hybridized carbons (Fsp3) is 0.323. The van der Waals surface area contributed by atoms with Crippen LogP contribution in [0.5, 0.6) is 11.6 Å². The first-order valence-corrected chi connectivity index (χ1v) is 13.7. The number of aromatic nitrogens is 2. The van der Waals surface area contributed by atoms with Crippen molar-refractivity contribution in [3.8, 4) is 11.6 Å². The number of piperazine rings is 1. The zero-order valence-electron chi connectivity index (χ0n) is 23.6. The Morgan fingerprint density at radius 2 is 1.69 bits per heavy atom. The molecule has 1 aliphatic heterocycles. The number of alkyl halides is 3. The molecule has 8 nitrogen and oxygen atoms in total. The first-order valence-electron chi connectivity index (χ1n) is 13.7. The van der Waals surface area contributed by atoms with E-state index < -0.39 is 17.6 Å². The van der Waals surface area contributed by atoms with E-state index in [0.717, 1.165) is 54.8 Å². The molecular formula is C31H32F3N5O3. The molecule has 0 saturated carbocycles. The van der Waals surface area contributed by atoms with Gasteiger partial charge < -0.3 is 19.5 Å². The molecule has 3 heterocycles. The van der Waals surface area contributed by atoms with E-state index >= 15 is 0 Å². The number of halogens is 3. The maximum Gasteiger partial charge on any atom is 0.416 e. The maximum atomic E-state index is 13.3. The van der Waals surface area contributed by atoms with Crippen LogP contribution in [0.15, 0.2) is 66.9 Å². The smallest absolute Gasteiger partial charge is 0.416 e. The van der Waals surface area contributed by atoms with Crippen LogP contribution < -0.4 is 10.1 Å². The van der Waals surface area contributed by atoms with Gasteiger partial charge in [0.15, 0.2) is 0 Å². The summed E-state index contributed by atoms with van der Waals surface area (Å²) < 4.78 is 46.1. The van der Waals surface area contributed by atoms with Gasteiger partial charge in [0.05, 0.1) is 23.0 Å². The van der Waals surface area contributed by atoms with Crippen LogP contribution in [-0.4, -0.2) is 63.9 Å². The van der Waals surface area contributed by atoms with Gasteiger partial charge in [-0.3, -0.25) is 14.5 Å². The van der Waals surface area contributed by atoms with Crippen molar-refractivity contribution < 1.29 is 27.5 Å². The summed E-state index contributed by atoms with van der Waals surface area (Å²) in [6.07, 6.45) is -3.07. The predicted molar refractivity (Wildman–Crippen MR) is 154 cm³/mol. The topological polar surface area (TPSA) is 79.7 Å². The molecule has 220 valence electrons. The SMILES string of the molecule is CC(C)CN1CCN(C(=O)c2cc3ccc(Oc4ccc(NC(=O)c5ccc(C(F)(F)F)cc5)cn4)cc3n2C)CC1. The highest BCUT2D eigenvalue weighted by Gasteiger charge is 2.30. The summed E-state index contributed by atoms with van der Waals surface area (Å²) in [6, 6.07) is 14.6. The number of ether oxygens (including phenoxy) is 1. The van der Waals surface area contributed by atoms with Crippen molar-refractivity contribution in [2.24, 2.45) is 13.0 Å². The highest BCUT2D eigenvalue weighted by atomic mass is 19.4. The van der Waals surface area contributed by atoms with Crippen molar-refractivity contribution in [1.29, 1.82) is 0 Å². The Morgan fingerprint density at radius 1 is 0.976 bits per heavy atom. The number of amides is 2. The number of rotatable bonds is 7. The van der Waals surface area contributed by atoms with Gasteiger partial charge in [-0.25, -0.2) is 4.98 Å². The second-order valence-electron chi connectivity index (χ2n) is 10.8. The van der Waals surface area contributed by atoms with Crippen molar-refractivity contribution in [3.05, 3.63) is 83.7 Å². The Bertz CT molecular complexity index is 1570. The average molecular weight is 580 g/mol. The molecule has 0 radical (unpaired) electrons. The Kier molecular flexibility index (Phi) is 8.22. The molecule has 2 aromatic carbocycles. The Balaban J connectivity index is 1.22. The van der Waals surface area contributed by atoms with Gasteiger partial charge in [0.1, 0.15) is 11.4 Å². The number of nitrogens with one attached hydrogen (secondary N) is 1. The summed E-state index contributed by atoms with van der Waals surface area (Å²) in [5.74, 6) is 0.856. The number of carbonyl (C=O) groups excluding carboxylic acids is 2. The van der Waals surface area contributed by atoms with Gasteiger partial charge in [-0.05, 0) is 54.4 Å². The number of carbonyl (C=O) groups is 2. The molecule has 0 atom stereocenters. The van der Waals surface area contributed by atoms with Crippen LogP contribution in [0, 0.1) is 5.92 Å². The van der Waals surface area contributed by atoms with Gasteiger partial charge in [-0.15, -0.1) is 0 Å². The first-order chi connectivity index (χ1) is 20.0. The number of benzene rings is 2. The molecule has 2 aromatic heterocycles. The second kappa shape index (κ2) is 11.8. The van der Waals surface area contributed by atoms with Gasteiger partial charge in [0.2, 0.25) is 5.88 Å². The summed E-state index contributed by atoms with van der Waals surface area (Å²) in [5, 5.41) is 3.53. The van der Waals surface area contributed by atoms with Gasteiger partial charge in [-0.2, -0.15) is 13.2 Å². The third-order valence-corrected chi connectivity index (χ3v) is 7.21. The van der Waals surface area contributed by atoms with E-state index in [0.29, 0.717) is 36.1 Å². The van der Waals surface area contributed by atoms with Crippen molar-refractivity contribution in [1.82, 2.24) is 19.4 Å². The van der Waals surface area contributed by atoms with E-state index in [-0.39, 0.29) is 17.4 Å². The zero-order valence-corrected chi connectivity index (χ0v) is 23.6. The summed E-state index contributed by atoms with van der Waals surface area (Å²) >= 11 is 0. The number of nitrogens with zero attached hydrogens (tertiary/aromatic N) is 4. The van der Waals surface area contributed by atoms with Gasteiger partial charge >= 0.3 is 6.18 Å². The van der Waals surface area contributed by atoms with Gasteiger partial charge in [0.25, 0.3) is 11.8 Å². The van der Waals surface area contributed by atoms with Gasteiger partial charge in [-0.1, -0.05) is 13.8 Å². The fourth-order valence-corrected chi connectivity index (χ4v) is 5.04. The number of anilines is 1. The molecule has 11 heteroatoms. The van der Waals surface area contributed by atoms with Crippen LogP contribution in [0.25, 0.3) is 10.9 Å². The van der Waals surface area contributed by atoms with Crippen LogP contribution in [0.1, 0.15) is 40.3 Å². The molecule has 1 fully saturated rings. The van der Waals surface area contributed by atoms with Crippen LogP contribution in [0.2, 0.25) is 0 Å². The van der Waals surface area contributed by atoms with E-state index in [2.05, 4.69) is 29.0 Å². The van der Waals surface area contributed by atoms with E-state index in [1.54, 1.807) is 18.2 Å². The maximum absolute atomic E-state index is 13.3. The van der Waals surface area contributed by atoms with Crippen molar-refractivity contribution in [3.63, 3.8) is 0 Å².